The number of amides is 1. The van der Waals surface area contributed by atoms with Gasteiger partial charge in [0, 0.05) is 22.1 Å². The number of hydrogen-bond donors (Lipinski definition) is 1. The average Bonchev–Trinajstić information content (AvgIpc) is 3.08. The Labute approximate surface area is 168 Å². The van der Waals surface area contributed by atoms with E-state index >= 15 is 0 Å². The molecule has 4 nitrogen and oxygen atoms in total. The zero-order valence-electron chi connectivity index (χ0n) is 15.7. The molecule has 1 heterocycles. The fourth-order valence-electron chi connectivity index (χ4n) is 3.05. The van der Waals surface area contributed by atoms with Crippen LogP contribution in [0.1, 0.15) is 39.0 Å². The van der Waals surface area contributed by atoms with Gasteiger partial charge in [0.05, 0.1) is 0 Å². The summed E-state index contributed by atoms with van der Waals surface area (Å²) < 4.78 is 5.18. The monoisotopic (exact) mass is 403 g/mol. The lowest BCUT2D eigenvalue weighted by Gasteiger charge is -2.16. The number of benzene rings is 1. The van der Waals surface area contributed by atoms with Crippen molar-refractivity contribution in [1.82, 2.24) is 5.32 Å². The predicted molar refractivity (Wildman–Crippen MR) is 111 cm³/mol. The molecule has 1 amide bonds. The van der Waals surface area contributed by atoms with Crippen molar-refractivity contribution in [3.05, 3.63) is 51.2 Å². The minimum atomic E-state index is -0.397. The van der Waals surface area contributed by atoms with Crippen molar-refractivity contribution in [2.45, 2.75) is 38.0 Å². The molecule has 0 aliphatic heterocycles. The van der Waals surface area contributed by atoms with Crippen LogP contribution in [0, 0.1) is 12.8 Å². The van der Waals surface area contributed by atoms with Crippen LogP contribution in [0.15, 0.2) is 35.2 Å². The van der Waals surface area contributed by atoms with Crippen LogP contribution in [-0.2, 0) is 22.4 Å². The number of carbonyl (C=O) groups excluding carboxylic acids is 2. The molecule has 144 valence electrons. The summed E-state index contributed by atoms with van der Waals surface area (Å²) in [5, 5.41) is 2.79. The SMILES string of the molecule is Cc1ccc(SCCNC(=O)COC(=O)c2cc3c(s2)CC[C@@H](C)C3)cc1. The number of rotatable bonds is 7. The maximum Gasteiger partial charge on any atom is 0.348 e. The molecule has 27 heavy (non-hydrogen) atoms. The lowest BCUT2D eigenvalue weighted by Crippen LogP contribution is -2.30. The highest BCUT2D eigenvalue weighted by molar-refractivity contribution is 7.99. The molecular weight excluding hydrogens is 378 g/mol. The third kappa shape index (κ3) is 5.84. The van der Waals surface area contributed by atoms with Gasteiger partial charge in [-0.15, -0.1) is 23.1 Å². The smallest absolute Gasteiger partial charge is 0.348 e. The molecule has 0 saturated carbocycles. The maximum atomic E-state index is 12.2. The summed E-state index contributed by atoms with van der Waals surface area (Å²) in [5.41, 5.74) is 2.50. The number of thioether (sulfide) groups is 1. The third-order valence-corrected chi connectivity index (χ3v) is 6.81. The highest BCUT2D eigenvalue weighted by Crippen LogP contribution is 2.32. The summed E-state index contributed by atoms with van der Waals surface area (Å²) in [4.78, 5) is 27.1. The summed E-state index contributed by atoms with van der Waals surface area (Å²) >= 11 is 3.19. The average molecular weight is 404 g/mol. The van der Waals surface area contributed by atoms with E-state index in [2.05, 4.69) is 43.4 Å². The normalized spacial score (nSPS) is 15.9. The van der Waals surface area contributed by atoms with E-state index in [1.807, 2.05) is 6.07 Å². The van der Waals surface area contributed by atoms with Crippen molar-refractivity contribution >= 4 is 35.0 Å². The van der Waals surface area contributed by atoms with Gasteiger partial charge in [-0.1, -0.05) is 24.6 Å². The molecule has 1 aliphatic carbocycles. The first kappa shape index (κ1) is 20.0. The van der Waals surface area contributed by atoms with Gasteiger partial charge in [-0.3, -0.25) is 4.79 Å². The standard InChI is InChI=1S/C21H25NO3S2/c1-14-3-6-17(7-4-14)26-10-9-22-20(23)13-25-21(24)19-12-16-11-15(2)5-8-18(16)27-19/h3-4,6-7,12,15H,5,8-11,13H2,1-2H3,(H,22,23)/t15-/m1/s1. The summed E-state index contributed by atoms with van der Waals surface area (Å²) in [7, 11) is 0. The highest BCUT2D eigenvalue weighted by Gasteiger charge is 2.21. The van der Waals surface area contributed by atoms with Gasteiger partial charge >= 0.3 is 5.97 Å². The van der Waals surface area contributed by atoms with E-state index in [-0.39, 0.29) is 12.5 Å². The van der Waals surface area contributed by atoms with Crippen molar-refractivity contribution in [2.75, 3.05) is 18.9 Å². The van der Waals surface area contributed by atoms with Gasteiger partial charge in [0.15, 0.2) is 6.61 Å². The molecule has 0 unspecified atom stereocenters. The van der Waals surface area contributed by atoms with Gasteiger partial charge in [0.2, 0.25) is 0 Å². The van der Waals surface area contributed by atoms with Crippen molar-refractivity contribution in [3.63, 3.8) is 0 Å². The van der Waals surface area contributed by atoms with E-state index in [1.54, 1.807) is 11.8 Å². The fraction of sp³-hybridized carbons (Fsp3) is 0.429. The van der Waals surface area contributed by atoms with Crippen molar-refractivity contribution in [2.24, 2.45) is 5.92 Å². The summed E-state index contributed by atoms with van der Waals surface area (Å²) in [6, 6.07) is 10.2. The second-order valence-corrected chi connectivity index (χ2v) is 9.30. The minimum absolute atomic E-state index is 0.229. The first-order valence-electron chi connectivity index (χ1n) is 9.26. The number of carbonyl (C=O) groups is 2. The van der Waals surface area contributed by atoms with Crippen LogP contribution in [0.25, 0.3) is 0 Å². The molecule has 0 bridgehead atoms. The molecule has 0 spiro atoms. The first-order chi connectivity index (χ1) is 13.0. The van der Waals surface area contributed by atoms with E-state index in [1.165, 1.54) is 38.7 Å². The number of ether oxygens (including phenoxy) is 1. The molecule has 1 N–H and O–H groups in total. The topological polar surface area (TPSA) is 55.4 Å². The van der Waals surface area contributed by atoms with Gasteiger partial charge < -0.3 is 10.1 Å². The van der Waals surface area contributed by atoms with Gasteiger partial charge in [0.1, 0.15) is 4.88 Å². The molecule has 6 heteroatoms. The van der Waals surface area contributed by atoms with Gasteiger partial charge in [-0.25, -0.2) is 4.79 Å². The van der Waals surface area contributed by atoms with E-state index < -0.39 is 5.97 Å². The minimum Gasteiger partial charge on any atom is -0.451 e. The van der Waals surface area contributed by atoms with Gasteiger partial charge in [-0.05, 0) is 55.9 Å². The largest absolute Gasteiger partial charge is 0.451 e. The second-order valence-electron chi connectivity index (χ2n) is 6.99. The predicted octanol–water partition coefficient (Wildman–Crippen LogP) is 4.25. The third-order valence-electron chi connectivity index (χ3n) is 4.58. The molecule has 3 rings (SSSR count). The van der Waals surface area contributed by atoms with Crippen molar-refractivity contribution in [1.29, 1.82) is 0 Å². The quantitative estimate of drug-likeness (QED) is 0.427. The number of thiophene rings is 1. The fourth-order valence-corrected chi connectivity index (χ4v) is 4.92. The van der Waals surface area contributed by atoms with Crippen LogP contribution in [0.2, 0.25) is 0 Å². The summed E-state index contributed by atoms with van der Waals surface area (Å²) in [5.74, 6) is 0.784. The molecule has 0 fully saturated rings. The lowest BCUT2D eigenvalue weighted by atomic mass is 9.90. The van der Waals surface area contributed by atoms with Crippen LogP contribution >= 0.6 is 23.1 Å². The van der Waals surface area contributed by atoms with Crippen LogP contribution in [0.4, 0.5) is 0 Å². The Bertz CT molecular complexity index is 798. The van der Waals surface area contributed by atoms with Gasteiger partial charge in [-0.2, -0.15) is 0 Å². The number of fused-ring (bicyclic) bond motifs is 1. The zero-order chi connectivity index (χ0) is 19.2. The Morgan fingerprint density at radius 2 is 2.07 bits per heavy atom. The van der Waals surface area contributed by atoms with Gasteiger partial charge in [0.25, 0.3) is 5.91 Å². The number of esters is 1. The Balaban J connectivity index is 1.36. The van der Waals surface area contributed by atoms with Crippen LogP contribution < -0.4 is 5.32 Å². The van der Waals surface area contributed by atoms with E-state index in [0.29, 0.717) is 17.3 Å². The first-order valence-corrected chi connectivity index (χ1v) is 11.1. The second kappa shape index (κ2) is 9.42. The Hall–Kier alpha value is -1.79. The maximum absolute atomic E-state index is 12.2. The highest BCUT2D eigenvalue weighted by atomic mass is 32.2. The molecule has 1 atom stereocenters. The van der Waals surface area contributed by atoms with Crippen LogP contribution in [0.3, 0.4) is 0 Å². The Kier molecular flexibility index (Phi) is 6.96. The Morgan fingerprint density at radius 3 is 2.85 bits per heavy atom. The van der Waals surface area contributed by atoms with E-state index in [9.17, 15) is 9.59 Å². The zero-order valence-corrected chi connectivity index (χ0v) is 17.4. The Morgan fingerprint density at radius 1 is 1.30 bits per heavy atom. The molecule has 1 aliphatic rings. The van der Waals surface area contributed by atoms with Crippen LogP contribution in [0.5, 0.6) is 0 Å². The summed E-state index contributed by atoms with van der Waals surface area (Å²) in [6.07, 6.45) is 3.23. The molecule has 1 aromatic carbocycles. The number of hydrogen-bond acceptors (Lipinski definition) is 5. The molecular formula is C21H25NO3S2. The van der Waals surface area contributed by atoms with E-state index in [4.69, 9.17) is 4.74 Å². The number of nitrogens with one attached hydrogen (secondary N) is 1. The molecule has 0 radical (unpaired) electrons. The van der Waals surface area contributed by atoms with Crippen molar-refractivity contribution in [3.8, 4) is 0 Å². The summed E-state index contributed by atoms with van der Waals surface area (Å²) in [6.45, 7) is 4.61. The molecule has 0 saturated heterocycles. The molecule has 1 aromatic heterocycles. The van der Waals surface area contributed by atoms with Crippen molar-refractivity contribution < 1.29 is 14.3 Å². The number of aryl methyl sites for hydroxylation is 2. The molecule has 2 aromatic rings. The van der Waals surface area contributed by atoms with E-state index in [0.717, 1.165) is 18.6 Å². The van der Waals surface area contributed by atoms with Crippen LogP contribution in [-0.4, -0.2) is 30.8 Å². The lowest BCUT2D eigenvalue weighted by molar-refractivity contribution is -0.124.